The molecule has 1 aromatic carbocycles. The summed E-state index contributed by atoms with van der Waals surface area (Å²) in [6, 6.07) is 7.22. The Labute approximate surface area is 122 Å². The molecule has 1 fully saturated rings. The number of carbonyl (C=O) groups is 3. The lowest BCUT2D eigenvalue weighted by molar-refractivity contribution is -0.152. The number of fused-ring (bicyclic) bond motifs is 2. The molecule has 2 aliphatic rings. The zero-order chi connectivity index (χ0) is 15.0. The van der Waals surface area contributed by atoms with E-state index in [4.69, 9.17) is 9.47 Å². The summed E-state index contributed by atoms with van der Waals surface area (Å²) in [7, 11) is 1.23. The zero-order valence-electron chi connectivity index (χ0n) is 11.7. The molecule has 1 heterocycles. The van der Waals surface area contributed by atoms with Gasteiger partial charge in [0, 0.05) is 11.5 Å². The van der Waals surface area contributed by atoms with Crippen LogP contribution in [0.1, 0.15) is 22.3 Å². The molecule has 5 nitrogen and oxygen atoms in total. The molecule has 5 heteroatoms. The van der Waals surface area contributed by atoms with Crippen molar-refractivity contribution in [2.75, 3.05) is 13.7 Å². The maximum Gasteiger partial charge on any atom is 0.317 e. The molecule has 0 aromatic heterocycles. The van der Waals surface area contributed by atoms with Crippen LogP contribution in [0.3, 0.4) is 0 Å². The summed E-state index contributed by atoms with van der Waals surface area (Å²) < 4.78 is 9.84. The van der Waals surface area contributed by atoms with Crippen LogP contribution >= 0.6 is 0 Å². The number of hydrogen-bond donors (Lipinski definition) is 0. The third-order valence-corrected chi connectivity index (χ3v) is 4.38. The molecule has 1 aliphatic carbocycles. The second-order valence-electron chi connectivity index (χ2n) is 5.48. The number of hydrogen-bond acceptors (Lipinski definition) is 5. The Balaban J connectivity index is 2.10. The van der Waals surface area contributed by atoms with Crippen molar-refractivity contribution in [2.24, 2.45) is 17.8 Å². The average Bonchev–Trinajstić information content (AvgIpc) is 2.85. The Kier molecular flexibility index (Phi) is 3.49. The summed E-state index contributed by atoms with van der Waals surface area (Å²) in [4.78, 5) is 36.8. The van der Waals surface area contributed by atoms with E-state index in [1.807, 2.05) is 12.1 Å². The monoisotopic (exact) mass is 288 g/mol. The average molecular weight is 288 g/mol. The minimum atomic E-state index is -1.10. The quantitative estimate of drug-likeness (QED) is 0.577. The van der Waals surface area contributed by atoms with Gasteiger partial charge in [0.1, 0.15) is 5.92 Å². The normalized spacial score (nSPS) is 28.0. The van der Waals surface area contributed by atoms with Gasteiger partial charge in [0.2, 0.25) is 0 Å². The van der Waals surface area contributed by atoms with E-state index >= 15 is 0 Å². The number of carbonyl (C=O) groups excluding carboxylic acids is 3. The predicted octanol–water partition coefficient (Wildman–Crippen LogP) is 1.39. The van der Waals surface area contributed by atoms with Crippen LogP contribution in [-0.4, -0.2) is 31.4 Å². The lowest BCUT2D eigenvalue weighted by Gasteiger charge is -2.26. The van der Waals surface area contributed by atoms with Crippen LogP contribution < -0.4 is 0 Å². The molecule has 0 unspecified atom stereocenters. The molecule has 1 aromatic rings. The fourth-order valence-electron chi connectivity index (χ4n) is 3.28. The van der Waals surface area contributed by atoms with Crippen LogP contribution in [-0.2, 0) is 25.5 Å². The molecule has 1 saturated heterocycles. The summed E-state index contributed by atoms with van der Waals surface area (Å²) in [5.41, 5.74) is 1.42. The van der Waals surface area contributed by atoms with Crippen molar-refractivity contribution in [2.45, 2.75) is 12.8 Å². The van der Waals surface area contributed by atoms with E-state index in [9.17, 15) is 14.4 Å². The van der Waals surface area contributed by atoms with Gasteiger partial charge in [-0.05, 0) is 18.4 Å². The Morgan fingerprint density at radius 2 is 2.05 bits per heavy atom. The third-order valence-electron chi connectivity index (χ3n) is 4.38. The van der Waals surface area contributed by atoms with E-state index < -0.39 is 23.8 Å². The van der Waals surface area contributed by atoms with Crippen molar-refractivity contribution in [3.63, 3.8) is 0 Å². The lowest BCUT2D eigenvalue weighted by Crippen LogP contribution is -2.39. The molecule has 0 N–H and O–H groups in total. The Bertz CT molecular complexity index is 606. The largest absolute Gasteiger partial charge is 0.468 e. The number of rotatable bonds is 1. The number of aryl methyl sites for hydroxylation is 1. The molecule has 3 rings (SSSR count). The van der Waals surface area contributed by atoms with Crippen molar-refractivity contribution in [1.82, 2.24) is 0 Å². The number of methoxy groups -OCH3 is 1. The summed E-state index contributed by atoms with van der Waals surface area (Å²) in [6.45, 7) is 0.270. The first-order valence-corrected chi connectivity index (χ1v) is 7.00. The number of ketones is 1. The highest BCUT2D eigenvalue weighted by Crippen LogP contribution is 2.37. The highest BCUT2D eigenvalue weighted by molar-refractivity contribution is 6.11. The van der Waals surface area contributed by atoms with Crippen molar-refractivity contribution in [1.29, 1.82) is 0 Å². The lowest BCUT2D eigenvalue weighted by atomic mass is 9.74. The van der Waals surface area contributed by atoms with E-state index in [2.05, 4.69) is 0 Å². The van der Waals surface area contributed by atoms with Gasteiger partial charge in [-0.15, -0.1) is 0 Å². The van der Waals surface area contributed by atoms with E-state index in [0.717, 1.165) is 5.56 Å². The van der Waals surface area contributed by atoms with Gasteiger partial charge in [0.25, 0.3) is 0 Å². The Hall–Kier alpha value is -2.17. The van der Waals surface area contributed by atoms with Gasteiger partial charge in [0.15, 0.2) is 5.78 Å². The molecular weight excluding hydrogens is 272 g/mol. The van der Waals surface area contributed by atoms with E-state index in [-0.39, 0.29) is 18.3 Å². The van der Waals surface area contributed by atoms with Crippen LogP contribution in [0.5, 0.6) is 0 Å². The summed E-state index contributed by atoms with van der Waals surface area (Å²) in [5.74, 6) is -3.41. The molecule has 110 valence electrons. The molecular formula is C16H16O5. The smallest absolute Gasteiger partial charge is 0.317 e. The number of cyclic esters (lactones) is 1. The molecule has 3 atom stereocenters. The summed E-state index contributed by atoms with van der Waals surface area (Å²) in [5, 5.41) is 0. The molecule has 0 radical (unpaired) electrons. The first-order chi connectivity index (χ1) is 10.1. The SMILES string of the molecule is COC(=O)[C@@H]1C(=O)c2ccccc2CC[C@H]2COC(=O)[C@H]21. The molecule has 0 saturated carbocycles. The van der Waals surface area contributed by atoms with Crippen molar-refractivity contribution in [3.8, 4) is 0 Å². The van der Waals surface area contributed by atoms with Gasteiger partial charge < -0.3 is 9.47 Å². The van der Waals surface area contributed by atoms with Crippen molar-refractivity contribution >= 4 is 17.7 Å². The van der Waals surface area contributed by atoms with E-state index in [1.54, 1.807) is 12.1 Å². The van der Waals surface area contributed by atoms with E-state index in [1.165, 1.54) is 7.11 Å². The minimum absolute atomic E-state index is 0.112. The number of benzene rings is 1. The second kappa shape index (κ2) is 5.31. The maximum absolute atomic E-state index is 12.8. The number of esters is 2. The van der Waals surface area contributed by atoms with Crippen LogP contribution in [0.15, 0.2) is 24.3 Å². The molecule has 0 amide bonds. The van der Waals surface area contributed by atoms with Gasteiger partial charge in [-0.1, -0.05) is 24.3 Å². The highest BCUT2D eigenvalue weighted by atomic mass is 16.5. The standard InChI is InChI=1S/C16H16O5/c1-20-15(18)13-12-10(8-21-16(12)19)7-6-9-4-2-3-5-11(9)14(13)17/h2-5,10,12-13H,6-8H2,1H3/t10-,12+,13-/m0/s1. The predicted molar refractivity (Wildman–Crippen MR) is 72.5 cm³/mol. The fraction of sp³-hybridized carbons (Fsp3) is 0.438. The Morgan fingerprint density at radius 1 is 1.29 bits per heavy atom. The van der Waals surface area contributed by atoms with Gasteiger partial charge in [-0.25, -0.2) is 0 Å². The summed E-state index contributed by atoms with van der Waals surface area (Å²) >= 11 is 0. The third kappa shape index (κ3) is 2.22. The first kappa shape index (κ1) is 13.8. The minimum Gasteiger partial charge on any atom is -0.468 e. The van der Waals surface area contributed by atoms with Crippen molar-refractivity contribution < 1.29 is 23.9 Å². The van der Waals surface area contributed by atoms with Crippen LogP contribution in [0, 0.1) is 17.8 Å². The molecule has 0 spiro atoms. The van der Waals surface area contributed by atoms with Gasteiger partial charge in [-0.2, -0.15) is 0 Å². The molecule has 1 aliphatic heterocycles. The van der Waals surface area contributed by atoms with Gasteiger partial charge in [0.05, 0.1) is 19.6 Å². The number of Topliss-reactive ketones (excluding diaryl/α,β-unsaturated/α-hetero) is 1. The van der Waals surface area contributed by atoms with Crippen molar-refractivity contribution in [3.05, 3.63) is 35.4 Å². The van der Waals surface area contributed by atoms with E-state index in [0.29, 0.717) is 18.4 Å². The second-order valence-corrected chi connectivity index (χ2v) is 5.48. The first-order valence-electron chi connectivity index (χ1n) is 7.00. The highest BCUT2D eigenvalue weighted by Gasteiger charge is 2.50. The topological polar surface area (TPSA) is 69.7 Å². The van der Waals surface area contributed by atoms with Gasteiger partial charge >= 0.3 is 11.9 Å². The van der Waals surface area contributed by atoms with Gasteiger partial charge in [-0.3, -0.25) is 14.4 Å². The van der Waals surface area contributed by atoms with Crippen LogP contribution in [0.25, 0.3) is 0 Å². The Morgan fingerprint density at radius 3 is 2.81 bits per heavy atom. The zero-order valence-corrected chi connectivity index (χ0v) is 11.7. The molecule has 21 heavy (non-hydrogen) atoms. The van der Waals surface area contributed by atoms with Crippen LogP contribution in [0.2, 0.25) is 0 Å². The fourth-order valence-corrected chi connectivity index (χ4v) is 3.28. The summed E-state index contributed by atoms with van der Waals surface area (Å²) in [6.07, 6.45) is 1.42. The number of ether oxygens (including phenoxy) is 2. The molecule has 0 bridgehead atoms. The maximum atomic E-state index is 12.8. The van der Waals surface area contributed by atoms with Crippen LogP contribution in [0.4, 0.5) is 0 Å².